The molecule has 0 unspecified atom stereocenters. The van der Waals surface area contributed by atoms with Gasteiger partial charge in [0.1, 0.15) is 0 Å². The quantitative estimate of drug-likeness (QED) is 0.647. The maximum atomic E-state index is 11.1. The molecule has 0 bridgehead atoms. The minimum atomic E-state index is -0.790. The van der Waals surface area contributed by atoms with Crippen LogP contribution in [0.3, 0.4) is 0 Å². The predicted octanol–water partition coefficient (Wildman–Crippen LogP) is 1.54. The SMILES string of the molecule is O=C1c2ccc(Br)cc2C(=O)N1[O-]. The smallest absolute Gasteiger partial charge is 0.251 e. The van der Waals surface area contributed by atoms with Crippen LogP contribution in [0.2, 0.25) is 0 Å². The van der Waals surface area contributed by atoms with Crippen molar-refractivity contribution >= 4 is 27.7 Å². The number of amides is 2. The van der Waals surface area contributed by atoms with Gasteiger partial charge >= 0.3 is 0 Å². The van der Waals surface area contributed by atoms with E-state index in [1.54, 1.807) is 6.07 Å². The molecule has 0 aliphatic carbocycles. The molecular formula is C8H3BrNO3-. The fourth-order valence-electron chi connectivity index (χ4n) is 1.19. The van der Waals surface area contributed by atoms with E-state index in [1.807, 2.05) is 0 Å². The van der Waals surface area contributed by atoms with Crippen LogP contribution >= 0.6 is 15.9 Å². The third kappa shape index (κ3) is 1.08. The number of benzene rings is 1. The Bertz CT molecular complexity index is 416. The van der Waals surface area contributed by atoms with E-state index in [0.29, 0.717) is 4.47 Å². The summed E-state index contributed by atoms with van der Waals surface area (Å²) in [6.07, 6.45) is 0. The van der Waals surface area contributed by atoms with E-state index in [4.69, 9.17) is 0 Å². The van der Waals surface area contributed by atoms with Crippen molar-refractivity contribution < 1.29 is 9.59 Å². The van der Waals surface area contributed by atoms with E-state index in [-0.39, 0.29) is 16.2 Å². The van der Waals surface area contributed by atoms with Crippen LogP contribution in [0, 0.1) is 5.21 Å². The summed E-state index contributed by atoms with van der Waals surface area (Å²) >= 11 is 3.15. The molecule has 0 saturated heterocycles. The summed E-state index contributed by atoms with van der Waals surface area (Å²) in [6, 6.07) is 4.54. The monoisotopic (exact) mass is 240 g/mol. The average Bonchev–Trinajstić information content (AvgIpc) is 2.32. The Balaban J connectivity index is 2.67. The van der Waals surface area contributed by atoms with Crippen LogP contribution in [0.1, 0.15) is 20.7 Å². The maximum absolute atomic E-state index is 11.1. The summed E-state index contributed by atoms with van der Waals surface area (Å²) in [5, 5.41) is 10.7. The molecule has 0 radical (unpaired) electrons. The molecule has 2 rings (SSSR count). The molecule has 4 nitrogen and oxygen atoms in total. The summed E-state index contributed by atoms with van der Waals surface area (Å²) < 4.78 is 0.669. The zero-order chi connectivity index (χ0) is 9.59. The van der Waals surface area contributed by atoms with Gasteiger partial charge in [-0.2, -0.15) is 0 Å². The summed E-state index contributed by atoms with van der Waals surface area (Å²) in [5.41, 5.74) is 0.331. The number of rotatable bonds is 0. The number of carbonyl (C=O) groups excluding carboxylic acids is 2. The van der Waals surface area contributed by atoms with Crippen LogP contribution in [0.15, 0.2) is 22.7 Å². The zero-order valence-corrected chi connectivity index (χ0v) is 7.87. The van der Waals surface area contributed by atoms with Crippen molar-refractivity contribution in [1.82, 2.24) is 5.06 Å². The molecule has 0 fully saturated rings. The first-order chi connectivity index (χ1) is 6.11. The number of hydrogen-bond donors (Lipinski definition) is 0. The molecule has 1 aliphatic heterocycles. The number of imide groups is 1. The summed E-state index contributed by atoms with van der Waals surface area (Å²) in [5.74, 6) is -1.58. The van der Waals surface area contributed by atoms with E-state index >= 15 is 0 Å². The van der Waals surface area contributed by atoms with E-state index in [9.17, 15) is 14.8 Å². The highest BCUT2D eigenvalue weighted by Crippen LogP contribution is 2.24. The summed E-state index contributed by atoms with van der Waals surface area (Å²) in [7, 11) is 0. The van der Waals surface area contributed by atoms with Crippen LogP contribution in [0.5, 0.6) is 0 Å². The Hall–Kier alpha value is -1.20. The van der Waals surface area contributed by atoms with E-state index in [1.165, 1.54) is 12.1 Å². The zero-order valence-electron chi connectivity index (χ0n) is 6.28. The lowest BCUT2D eigenvalue weighted by atomic mass is 10.1. The van der Waals surface area contributed by atoms with Gasteiger partial charge in [-0.15, -0.1) is 0 Å². The minimum absolute atomic E-state index is 0.128. The van der Waals surface area contributed by atoms with Crippen LogP contribution in [0.25, 0.3) is 0 Å². The topological polar surface area (TPSA) is 60.4 Å². The highest BCUT2D eigenvalue weighted by atomic mass is 79.9. The molecular weight excluding hydrogens is 238 g/mol. The summed E-state index contributed by atoms with van der Waals surface area (Å²) in [4.78, 5) is 22.2. The second-order valence-electron chi connectivity index (χ2n) is 2.59. The van der Waals surface area contributed by atoms with Gasteiger partial charge in [0, 0.05) is 4.47 Å². The summed E-state index contributed by atoms with van der Waals surface area (Å²) in [6.45, 7) is 0. The van der Waals surface area contributed by atoms with Crippen molar-refractivity contribution in [2.45, 2.75) is 0 Å². The van der Waals surface area contributed by atoms with Crippen molar-refractivity contribution in [3.63, 3.8) is 0 Å². The lowest BCUT2D eigenvalue weighted by Crippen LogP contribution is -2.22. The van der Waals surface area contributed by atoms with Crippen LogP contribution in [-0.4, -0.2) is 16.9 Å². The average molecular weight is 241 g/mol. The molecule has 1 aromatic rings. The van der Waals surface area contributed by atoms with Crippen molar-refractivity contribution in [3.05, 3.63) is 39.0 Å². The number of hydroxylamine groups is 2. The standard InChI is InChI=1S/C8H3BrNO3/c9-4-1-2-5-6(3-4)8(12)10(13)7(5)11/h1-3H/q-1. The number of halogens is 1. The van der Waals surface area contributed by atoms with Gasteiger partial charge in [-0.3, -0.25) is 9.59 Å². The first kappa shape index (κ1) is 8.40. The van der Waals surface area contributed by atoms with Crippen LogP contribution in [0.4, 0.5) is 0 Å². The molecule has 13 heavy (non-hydrogen) atoms. The van der Waals surface area contributed by atoms with E-state index in [2.05, 4.69) is 15.9 Å². The van der Waals surface area contributed by atoms with E-state index < -0.39 is 11.8 Å². The number of fused-ring (bicyclic) bond motifs is 1. The number of nitrogens with zero attached hydrogens (tertiary/aromatic N) is 1. The minimum Gasteiger partial charge on any atom is -0.749 e. The molecule has 0 atom stereocenters. The van der Waals surface area contributed by atoms with Gasteiger partial charge in [0.25, 0.3) is 11.8 Å². The number of hydrogen-bond acceptors (Lipinski definition) is 3. The van der Waals surface area contributed by atoms with Crippen molar-refractivity contribution in [2.24, 2.45) is 0 Å². The van der Waals surface area contributed by atoms with Crippen molar-refractivity contribution in [1.29, 1.82) is 0 Å². The third-order valence-electron chi connectivity index (χ3n) is 1.81. The lowest BCUT2D eigenvalue weighted by Gasteiger charge is -2.17. The molecule has 1 heterocycles. The highest BCUT2D eigenvalue weighted by Gasteiger charge is 2.29. The van der Waals surface area contributed by atoms with Crippen molar-refractivity contribution in [3.8, 4) is 0 Å². The molecule has 0 saturated carbocycles. The van der Waals surface area contributed by atoms with E-state index in [0.717, 1.165) is 0 Å². The first-order valence-corrected chi connectivity index (χ1v) is 4.26. The first-order valence-electron chi connectivity index (χ1n) is 3.47. The Morgan fingerprint density at radius 2 is 1.77 bits per heavy atom. The lowest BCUT2D eigenvalue weighted by molar-refractivity contribution is 0.0721. The van der Waals surface area contributed by atoms with Gasteiger partial charge in [0.05, 0.1) is 11.1 Å². The Morgan fingerprint density at radius 3 is 2.46 bits per heavy atom. The van der Waals surface area contributed by atoms with Gasteiger partial charge in [0.2, 0.25) is 0 Å². The molecule has 66 valence electrons. The van der Waals surface area contributed by atoms with Gasteiger partial charge in [-0.25, -0.2) is 0 Å². The highest BCUT2D eigenvalue weighted by molar-refractivity contribution is 9.10. The van der Waals surface area contributed by atoms with Gasteiger partial charge in [-0.05, 0) is 18.2 Å². The molecule has 2 amide bonds. The molecule has 5 heteroatoms. The maximum Gasteiger partial charge on any atom is 0.251 e. The fourth-order valence-corrected chi connectivity index (χ4v) is 1.55. The fraction of sp³-hybridized carbons (Fsp3) is 0. The third-order valence-corrected chi connectivity index (χ3v) is 2.30. The second kappa shape index (κ2) is 2.65. The molecule has 1 aliphatic rings. The van der Waals surface area contributed by atoms with Gasteiger partial charge in [-0.1, -0.05) is 15.9 Å². The largest absolute Gasteiger partial charge is 0.749 e. The normalized spacial score (nSPS) is 15.1. The predicted molar refractivity (Wildman–Crippen MR) is 48.0 cm³/mol. The second-order valence-corrected chi connectivity index (χ2v) is 3.51. The molecule has 0 N–H and O–H groups in total. The van der Waals surface area contributed by atoms with Crippen molar-refractivity contribution in [2.75, 3.05) is 0 Å². The number of carbonyl (C=O) groups is 2. The molecule has 0 aromatic heterocycles. The Labute approximate surface area is 81.9 Å². The van der Waals surface area contributed by atoms with Crippen LogP contribution in [-0.2, 0) is 0 Å². The molecule has 0 spiro atoms. The van der Waals surface area contributed by atoms with Gasteiger partial charge < -0.3 is 10.3 Å². The van der Waals surface area contributed by atoms with Gasteiger partial charge in [0.15, 0.2) is 0 Å². The Kier molecular flexibility index (Phi) is 1.71. The Morgan fingerprint density at radius 1 is 1.15 bits per heavy atom. The molecule has 1 aromatic carbocycles. The van der Waals surface area contributed by atoms with Crippen LogP contribution < -0.4 is 0 Å².